The minimum atomic E-state index is -3.45. The lowest BCUT2D eigenvalue weighted by atomic mass is 10.0. The molecule has 0 saturated heterocycles. The highest BCUT2D eigenvalue weighted by Crippen LogP contribution is 2.29. The van der Waals surface area contributed by atoms with E-state index in [9.17, 15) is 13.2 Å². The maximum atomic E-state index is 12.3. The van der Waals surface area contributed by atoms with Crippen molar-refractivity contribution >= 4 is 27.5 Å². The van der Waals surface area contributed by atoms with Gasteiger partial charge in [-0.2, -0.15) is 0 Å². The molecule has 0 radical (unpaired) electrons. The monoisotopic (exact) mass is 496 g/mol. The van der Waals surface area contributed by atoms with Crippen LogP contribution in [0.3, 0.4) is 0 Å². The summed E-state index contributed by atoms with van der Waals surface area (Å²) in [6, 6.07) is 12.6. The molecule has 2 N–H and O–H groups in total. The van der Waals surface area contributed by atoms with E-state index in [2.05, 4.69) is 17.0 Å². The quantitative estimate of drug-likeness (QED) is 0.438. The average Bonchev–Trinajstić information content (AvgIpc) is 2.81. The van der Waals surface area contributed by atoms with Crippen molar-refractivity contribution in [1.29, 1.82) is 0 Å². The minimum Gasteiger partial charge on any atom is -0.493 e. The van der Waals surface area contributed by atoms with Crippen molar-refractivity contribution in [2.75, 3.05) is 26.0 Å². The molecule has 182 valence electrons. The molecule has 0 aromatic heterocycles. The van der Waals surface area contributed by atoms with Gasteiger partial charge in [0, 0.05) is 17.5 Å². The fraction of sp³-hybridized carbons (Fsp3) is 0.458. The van der Waals surface area contributed by atoms with Gasteiger partial charge in [-0.15, -0.1) is 0 Å². The van der Waals surface area contributed by atoms with E-state index in [-0.39, 0.29) is 17.6 Å². The molecule has 0 bridgehead atoms. The zero-order valence-electron chi connectivity index (χ0n) is 19.6. The molecule has 0 aliphatic heterocycles. The van der Waals surface area contributed by atoms with Gasteiger partial charge in [-0.05, 0) is 55.2 Å². The number of hydrogen-bond acceptors (Lipinski definition) is 5. The zero-order chi connectivity index (χ0) is 24.4. The molecule has 0 spiro atoms. The topological polar surface area (TPSA) is 93.7 Å². The number of nitrogens with one attached hydrogen (secondary N) is 2. The maximum absolute atomic E-state index is 12.3. The highest BCUT2D eigenvalue weighted by molar-refractivity contribution is 7.89. The number of halogens is 1. The number of sulfonamides is 1. The summed E-state index contributed by atoms with van der Waals surface area (Å²) < 4.78 is 37.4. The molecule has 1 amide bonds. The van der Waals surface area contributed by atoms with Crippen molar-refractivity contribution in [2.45, 2.75) is 45.6 Å². The Morgan fingerprint density at radius 3 is 2.39 bits per heavy atom. The van der Waals surface area contributed by atoms with E-state index in [4.69, 9.17) is 21.1 Å². The van der Waals surface area contributed by atoms with E-state index in [1.165, 1.54) is 6.92 Å². The molecular weight excluding hydrogens is 464 g/mol. The van der Waals surface area contributed by atoms with Crippen LogP contribution in [0.2, 0.25) is 5.02 Å². The van der Waals surface area contributed by atoms with Crippen molar-refractivity contribution < 1.29 is 22.7 Å². The van der Waals surface area contributed by atoms with Crippen LogP contribution in [-0.2, 0) is 21.2 Å². The van der Waals surface area contributed by atoms with E-state index in [1.807, 2.05) is 42.5 Å². The second-order valence-corrected chi connectivity index (χ2v) is 10.3. The number of rotatable bonds is 13. The Hall–Kier alpha value is -2.29. The number of amides is 1. The third-order valence-corrected chi connectivity index (χ3v) is 6.95. The van der Waals surface area contributed by atoms with Gasteiger partial charge in [0.2, 0.25) is 15.9 Å². The summed E-state index contributed by atoms with van der Waals surface area (Å²) in [5.41, 5.74) is 2.10. The molecular formula is C24H33ClN2O5S. The molecule has 2 atom stereocenters. The van der Waals surface area contributed by atoms with Gasteiger partial charge in [-0.3, -0.25) is 4.79 Å². The van der Waals surface area contributed by atoms with Crippen molar-refractivity contribution in [3.05, 3.63) is 58.6 Å². The third kappa shape index (κ3) is 8.53. The van der Waals surface area contributed by atoms with Crippen LogP contribution in [-0.4, -0.2) is 46.4 Å². The van der Waals surface area contributed by atoms with Gasteiger partial charge in [0.15, 0.2) is 11.5 Å². The number of carbonyl (C=O) groups excluding carboxylic acids is 1. The van der Waals surface area contributed by atoms with Crippen LogP contribution in [0.15, 0.2) is 42.5 Å². The SMILES string of the molecule is CCC(NS(=O)(=O)CC)C(=O)NCCc1ccc(OCC(C)c2ccc(Cl)cc2)c(OC)c1. The lowest BCUT2D eigenvalue weighted by molar-refractivity contribution is -0.122. The largest absolute Gasteiger partial charge is 0.493 e. The fourth-order valence-electron chi connectivity index (χ4n) is 3.16. The van der Waals surface area contributed by atoms with E-state index in [0.29, 0.717) is 42.5 Å². The maximum Gasteiger partial charge on any atom is 0.238 e. The van der Waals surface area contributed by atoms with E-state index in [1.54, 1.807) is 14.0 Å². The predicted octanol–water partition coefficient (Wildman–Crippen LogP) is 3.91. The summed E-state index contributed by atoms with van der Waals surface area (Å²) >= 11 is 5.95. The number of carbonyl (C=O) groups is 1. The Bertz CT molecular complexity index is 1010. The molecule has 2 aromatic carbocycles. The second kappa shape index (κ2) is 12.8. The minimum absolute atomic E-state index is 0.0660. The van der Waals surface area contributed by atoms with Crippen molar-refractivity contribution in [3.63, 3.8) is 0 Å². The molecule has 0 heterocycles. The first-order valence-corrected chi connectivity index (χ1v) is 13.0. The number of methoxy groups -OCH3 is 1. The van der Waals surface area contributed by atoms with Gasteiger partial charge >= 0.3 is 0 Å². The van der Waals surface area contributed by atoms with Gasteiger partial charge in [0.05, 0.1) is 19.5 Å². The van der Waals surface area contributed by atoms with Gasteiger partial charge in [0.1, 0.15) is 6.04 Å². The van der Waals surface area contributed by atoms with Gasteiger partial charge < -0.3 is 14.8 Å². The summed E-state index contributed by atoms with van der Waals surface area (Å²) in [5, 5.41) is 3.50. The molecule has 2 rings (SSSR count). The first kappa shape index (κ1) is 27.0. The highest BCUT2D eigenvalue weighted by atomic mass is 35.5. The second-order valence-electron chi connectivity index (χ2n) is 7.77. The first-order chi connectivity index (χ1) is 15.7. The molecule has 2 unspecified atom stereocenters. The summed E-state index contributed by atoms with van der Waals surface area (Å²) in [6.07, 6.45) is 0.944. The van der Waals surface area contributed by atoms with E-state index >= 15 is 0 Å². The molecule has 7 nitrogen and oxygen atoms in total. The first-order valence-electron chi connectivity index (χ1n) is 11.0. The summed E-state index contributed by atoms with van der Waals surface area (Å²) in [5.74, 6) is 1.04. The normalized spacial score (nSPS) is 13.2. The molecule has 0 aliphatic carbocycles. The van der Waals surface area contributed by atoms with Gasteiger partial charge in [-0.25, -0.2) is 13.1 Å². The summed E-state index contributed by atoms with van der Waals surface area (Å²) in [4.78, 5) is 12.3. The molecule has 0 aliphatic rings. The highest BCUT2D eigenvalue weighted by Gasteiger charge is 2.21. The molecule has 9 heteroatoms. The van der Waals surface area contributed by atoms with Crippen LogP contribution < -0.4 is 19.5 Å². The van der Waals surface area contributed by atoms with Gasteiger partial charge in [-0.1, -0.05) is 43.6 Å². The van der Waals surface area contributed by atoms with Crippen molar-refractivity contribution in [1.82, 2.24) is 10.0 Å². The summed E-state index contributed by atoms with van der Waals surface area (Å²) in [6.45, 7) is 6.24. The Morgan fingerprint density at radius 1 is 1.09 bits per heavy atom. The third-order valence-electron chi connectivity index (χ3n) is 5.30. The van der Waals surface area contributed by atoms with E-state index < -0.39 is 16.1 Å². The number of benzene rings is 2. The number of ether oxygens (including phenoxy) is 2. The van der Waals surface area contributed by atoms with Crippen LogP contribution in [0.4, 0.5) is 0 Å². The zero-order valence-corrected chi connectivity index (χ0v) is 21.1. The van der Waals surface area contributed by atoms with Crippen LogP contribution in [0.25, 0.3) is 0 Å². The Morgan fingerprint density at radius 2 is 1.79 bits per heavy atom. The molecule has 33 heavy (non-hydrogen) atoms. The van der Waals surface area contributed by atoms with Crippen LogP contribution in [0, 0.1) is 0 Å². The standard InChI is InChI=1S/C24H33ClN2O5S/c1-5-21(27-33(29,30)6-2)24(28)26-14-13-18-7-12-22(23(15-18)31-4)32-16-17(3)19-8-10-20(25)11-9-19/h7-12,15,17,21,27H,5-6,13-14,16H2,1-4H3,(H,26,28). The average molecular weight is 497 g/mol. The van der Waals surface area contributed by atoms with Crippen molar-refractivity contribution in [2.24, 2.45) is 0 Å². The Labute approximate surface area is 201 Å². The van der Waals surface area contributed by atoms with Crippen LogP contribution in [0.1, 0.15) is 44.2 Å². The Kier molecular flexibility index (Phi) is 10.5. The molecule has 0 fully saturated rings. The molecule has 0 saturated carbocycles. The van der Waals surface area contributed by atoms with Gasteiger partial charge in [0.25, 0.3) is 0 Å². The van der Waals surface area contributed by atoms with Crippen LogP contribution >= 0.6 is 11.6 Å². The smallest absolute Gasteiger partial charge is 0.238 e. The van der Waals surface area contributed by atoms with Crippen molar-refractivity contribution in [3.8, 4) is 11.5 Å². The lowest BCUT2D eigenvalue weighted by Crippen LogP contribution is -2.47. The van der Waals surface area contributed by atoms with E-state index in [0.717, 1.165) is 11.1 Å². The molecule has 2 aromatic rings. The fourth-order valence-corrected chi connectivity index (χ4v) is 4.16. The predicted molar refractivity (Wildman–Crippen MR) is 132 cm³/mol. The Balaban J connectivity index is 1.90. The number of hydrogen-bond donors (Lipinski definition) is 2. The lowest BCUT2D eigenvalue weighted by Gasteiger charge is -2.17. The summed E-state index contributed by atoms with van der Waals surface area (Å²) in [7, 11) is -1.86. The van der Waals surface area contributed by atoms with Crippen LogP contribution in [0.5, 0.6) is 11.5 Å².